The number of carbonyl (C=O) groups excluding carboxylic acids is 2. The average molecular weight is 370 g/mol. The molecule has 1 aromatic carbocycles. The van der Waals surface area contributed by atoms with Crippen molar-refractivity contribution in [1.82, 2.24) is 9.80 Å². The molecular formula is C20H22N2O5. The van der Waals surface area contributed by atoms with E-state index in [-0.39, 0.29) is 18.5 Å². The van der Waals surface area contributed by atoms with Gasteiger partial charge in [-0.05, 0) is 30.5 Å². The minimum absolute atomic E-state index is 0.0538. The average Bonchev–Trinajstić information content (AvgIpc) is 2.84. The largest absolute Gasteiger partial charge is 0.497 e. The topological polar surface area (TPSA) is 80.1 Å². The van der Waals surface area contributed by atoms with E-state index in [9.17, 15) is 14.4 Å². The molecule has 1 aliphatic heterocycles. The Labute approximate surface area is 156 Å². The number of likely N-dealkylation sites (N-methyl/N-ethyl adjacent to an activating group) is 1. The maximum Gasteiger partial charge on any atom is 0.336 e. The molecule has 7 nitrogen and oxygen atoms in total. The van der Waals surface area contributed by atoms with Gasteiger partial charge in [-0.2, -0.15) is 0 Å². The Morgan fingerprint density at radius 2 is 1.85 bits per heavy atom. The molecular weight excluding hydrogens is 348 g/mol. The van der Waals surface area contributed by atoms with Crippen LogP contribution in [0.2, 0.25) is 0 Å². The van der Waals surface area contributed by atoms with Gasteiger partial charge in [0.05, 0.1) is 13.7 Å². The molecule has 27 heavy (non-hydrogen) atoms. The van der Waals surface area contributed by atoms with Crippen LogP contribution in [0.5, 0.6) is 5.75 Å². The zero-order chi connectivity index (χ0) is 19.2. The van der Waals surface area contributed by atoms with E-state index in [2.05, 4.69) is 0 Å². The van der Waals surface area contributed by atoms with Crippen molar-refractivity contribution in [3.63, 3.8) is 0 Å². The third kappa shape index (κ3) is 2.69. The SMILES string of the molecule is COc1ccc2c(CN3C(=O)N(C)C4(CCCCC4)C3=O)cc(=O)oc2c1. The van der Waals surface area contributed by atoms with Crippen LogP contribution in [0.25, 0.3) is 11.0 Å². The summed E-state index contributed by atoms with van der Waals surface area (Å²) in [4.78, 5) is 40.8. The van der Waals surface area contributed by atoms with Gasteiger partial charge >= 0.3 is 11.7 Å². The summed E-state index contributed by atoms with van der Waals surface area (Å²) in [6, 6.07) is 6.20. The summed E-state index contributed by atoms with van der Waals surface area (Å²) < 4.78 is 10.4. The first-order valence-electron chi connectivity index (χ1n) is 9.17. The number of methoxy groups -OCH3 is 1. The van der Waals surface area contributed by atoms with Gasteiger partial charge in [0, 0.05) is 24.6 Å². The number of rotatable bonds is 3. The monoisotopic (exact) mass is 370 g/mol. The van der Waals surface area contributed by atoms with E-state index in [0.717, 1.165) is 19.3 Å². The molecule has 1 spiro atoms. The molecule has 1 aliphatic carbocycles. The van der Waals surface area contributed by atoms with Crippen LogP contribution in [0.15, 0.2) is 33.5 Å². The minimum atomic E-state index is -0.728. The third-order valence-corrected chi connectivity index (χ3v) is 5.85. The Morgan fingerprint density at radius 3 is 2.56 bits per heavy atom. The Hall–Kier alpha value is -2.83. The quantitative estimate of drug-likeness (QED) is 0.613. The minimum Gasteiger partial charge on any atom is -0.497 e. The number of benzene rings is 1. The number of hydrogen-bond acceptors (Lipinski definition) is 5. The smallest absolute Gasteiger partial charge is 0.336 e. The molecule has 0 radical (unpaired) electrons. The van der Waals surface area contributed by atoms with Gasteiger partial charge in [0.1, 0.15) is 16.9 Å². The second-order valence-electron chi connectivity index (χ2n) is 7.28. The molecule has 2 fully saturated rings. The summed E-state index contributed by atoms with van der Waals surface area (Å²) in [6.07, 6.45) is 4.35. The molecule has 1 saturated carbocycles. The van der Waals surface area contributed by atoms with E-state index in [1.54, 1.807) is 30.1 Å². The Balaban J connectivity index is 1.73. The Bertz CT molecular complexity index is 974. The van der Waals surface area contributed by atoms with Gasteiger partial charge in [0.2, 0.25) is 0 Å². The molecule has 4 rings (SSSR count). The third-order valence-electron chi connectivity index (χ3n) is 5.85. The summed E-state index contributed by atoms with van der Waals surface area (Å²) in [5.41, 5.74) is -0.289. The molecule has 3 amide bonds. The van der Waals surface area contributed by atoms with E-state index in [1.165, 1.54) is 18.1 Å². The van der Waals surface area contributed by atoms with E-state index < -0.39 is 11.2 Å². The molecule has 7 heteroatoms. The molecule has 0 bridgehead atoms. The lowest BCUT2D eigenvalue weighted by Gasteiger charge is -2.35. The zero-order valence-electron chi connectivity index (χ0n) is 15.5. The number of amides is 3. The summed E-state index contributed by atoms with van der Waals surface area (Å²) in [5, 5.41) is 0.684. The number of fused-ring (bicyclic) bond motifs is 1. The van der Waals surface area contributed by atoms with Crippen LogP contribution in [0.1, 0.15) is 37.7 Å². The first-order chi connectivity index (χ1) is 13.0. The first kappa shape index (κ1) is 17.6. The fourth-order valence-corrected chi connectivity index (χ4v) is 4.31. The predicted molar refractivity (Wildman–Crippen MR) is 98.6 cm³/mol. The first-order valence-corrected chi connectivity index (χ1v) is 9.17. The Kier molecular flexibility index (Phi) is 4.17. The molecule has 1 aromatic heterocycles. The highest BCUT2D eigenvalue weighted by atomic mass is 16.5. The van der Waals surface area contributed by atoms with Crippen LogP contribution in [-0.2, 0) is 11.3 Å². The van der Waals surface area contributed by atoms with Gasteiger partial charge in [0.15, 0.2) is 0 Å². The van der Waals surface area contributed by atoms with Crippen molar-refractivity contribution in [3.05, 3.63) is 40.2 Å². The van der Waals surface area contributed by atoms with Crippen LogP contribution in [0.3, 0.4) is 0 Å². The van der Waals surface area contributed by atoms with Gasteiger partial charge in [-0.1, -0.05) is 19.3 Å². The van der Waals surface area contributed by atoms with Gasteiger partial charge in [-0.25, -0.2) is 9.59 Å². The summed E-state index contributed by atoms with van der Waals surface area (Å²) in [6.45, 7) is 0.0538. The van der Waals surface area contributed by atoms with E-state index in [1.807, 2.05) is 0 Å². The van der Waals surface area contributed by atoms with Gasteiger partial charge in [-0.3, -0.25) is 9.69 Å². The van der Waals surface area contributed by atoms with Crippen molar-refractivity contribution in [2.75, 3.05) is 14.2 Å². The molecule has 0 unspecified atom stereocenters. The van der Waals surface area contributed by atoms with Crippen molar-refractivity contribution in [3.8, 4) is 5.75 Å². The highest BCUT2D eigenvalue weighted by Crippen LogP contribution is 2.40. The van der Waals surface area contributed by atoms with Gasteiger partial charge in [-0.15, -0.1) is 0 Å². The highest BCUT2D eigenvalue weighted by Gasteiger charge is 2.55. The number of nitrogens with zero attached hydrogens (tertiary/aromatic N) is 2. The number of urea groups is 1. The predicted octanol–water partition coefficient (Wildman–Crippen LogP) is 2.90. The lowest BCUT2D eigenvalue weighted by Crippen LogP contribution is -2.49. The summed E-state index contributed by atoms with van der Waals surface area (Å²) in [5.74, 6) is 0.404. The van der Waals surface area contributed by atoms with Crippen molar-refractivity contribution in [2.45, 2.75) is 44.2 Å². The van der Waals surface area contributed by atoms with Crippen LogP contribution in [0.4, 0.5) is 4.79 Å². The van der Waals surface area contributed by atoms with Crippen molar-refractivity contribution >= 4 is 22.9 Å². The van der Waals surface area contributed by atoms with Crippen molar-refractivity contribution in [1.29, 1.82) is 0 Å². The fraction of sp³-hybridized carbons (Fsp3) is 0.450. The van der Waals surface area contributed by atoms with Crippen LogP contribution >= 0.6 is 0 Å². The Morgan fingerprint density at radius 1 is 1.11 bits per heavy atom. The second-order valence-corrected chi connectivity index (χ2v) is 7.28. The maximum atomic E-state index is 13.2. The van der Waals surface area contributed by atoms with Crippen molar-refractivity contribution in [2.24, 2.45) is 0 Å². The van der Waals surface area contributed by atoms with E-state index in [0.29, 0.717) is 35.1 Å². The number of ether oxygens (including phenoxy) is 1. The highest BCUT2D eigenvalue weighted by molar-refractivity contribution is 6.07. The van der Waals surface area contributed by atoms with E-state index >= 15 is 0 Å². The summed E-state index contributed by atoms with van der Waals surface area (Å²) in [7, 11) is 3.23. The van der Waals surface area contributed by atoms with Crippen LogP contribution in [0, 0.1) is 0 Å². The van der Waals surface area contributed by atoms with Crippen LogP contribution in [-0.4, -0.2) is 41.4 Å². The zero-order valence-corrected chi connectivity index (χ0v) is 15.5. The standard InChI is InChI=1S/C20H22N2O5/c1-21-19(25)22(18(24)20(21)8-4-3-5-9-20)12-13-10-17(23)27-16-11-14(26-2)6-7-15(13)16/h6-7,10-11H,3-5,8-9,12H2,1-2H3. The second kappa shape index (κ2) is 6.40. The fourth-order valence-electron chi connectivity index (χ4n) is 4.31. The normalized spacial score (nSPS) is 19.3. The molecule has 2 heterocycles. The van der Waals surface area contributed by atoms with E-state index in [4.69, 9.17) is 9.15 Å². The van der Waals surface area contributed by atoms with Crippen molar-refractivity contribution < 1.29 is 18.7 Å². The molecule has 0 atom stereocenters. The van der Waals surface area contributed by atoms with Crippen LogP contribution < -0.4 is 10.4 Å². The number of imide groups is 1. The lowest BCUT2D eigenvalue weighted by molar-refractivity contribution is -0.134. The summed E-state index contributed by atoms with van der Waals surface area (Å²) >= 11 is 0. The maximum absolute atomic E-state index is 13.2. The number of carbonyl (C=O) groups is 2. The molecule has 2 aliphatic rings. The lowest BCUT2D eigenvalue weighted by atomic mass is 9.80. The molecule has 0 N–H and O–H groups in total. The molecule has 1 saturated heterocycles. The molecule has 2 aromatic rings. The van der Waals surface area contributed by atoms with Gasteiger partial charge < -0.3 is 14.1 Å². The molecule has 142 valence electrons. The number of hydrogen-bond donors (Lipinski definition) is 0. The van der Waals surface area contributed by atoms with Gasteiger partial charge in [0.25, 0.3) is 5.91 Å².